The Morgan fingerprint density at radius 3 is 2.56 bits per heavy atom. The number of carbonyl (C=O) groups excluding carboxylic acids is 2. The third kappa shape index (κ3) is 5.85. The molecule has 0 bridgehead atoms. The number of hydrogen-bond acceptors (Lipinski definition) is 5. The molecule has 0 aromatic carbocycles. The standard InChI is InChI=1S/C10H16N2O6/c1-4-5-18-10(16)11-7(6-8(13)14)9(15)12(2)17-3/h4,7H,1,5-6H2,2-3H3,(H,11,16)(H,13,14). The van der Waals surface area contributed by atoms with Crippen molar-refractivity contribution in [2.24, 2.45) is 0 Å². The number of carboxylic acids is 1. The number of amides is 2. The molecule has 18 heavy (non-hydrogen) atoms. The minimum absolute atomic E-state index is 0.0417. The SMILES string of the molecule is C=CCOC(=O)NC(CC(=O)O)C(=O)N(C)OC. The van der Waals surface area contributed by atoms with Crippen LogP contribution < -0.4 is 5.32 Å². The first kappa shape index (κ1) is 15.9. The Kier molecular flexibility index (Phi) is 7.13. The van der Waals surface area contributed by atoms with E-state index in [2.05, 4.69) is 21.5 Å². The Balaban J connectivity index is 4.57. The van der Waals surface area contributed by atoms with Gasteiger partial charge in [0.05, 0.1) is 13.5 Å². The van der Waals surface area contributed by atoms with Gasteiger partial charge in [-0.3, -0.25) is 14.4 Å². The number of aliphatic carboxylic acids is 1. The summed E-state index contributed by atoms with van der Waals surface area (Å²) in [5.74, 6) is -1.93. The summed E-state index contributed by atoms with van der Waals surface area (Å²) in [5.41, 5.74) is 0. The highest BCUT2D eigenvalue weighted by Gasteiger charge is 2.27. The van der Waals surface area contributed by atoms with E-state index in [-0.39, 0.29) is 6.61 Å². The molecule has 0 aromatic rings. The molecular formula is C10H16N2O6. The van der Waals surface area contributed by atoms with Crippen LogP contribution in [-0.4, -0.2) is 54.9 Å². The Morgan fingerprint density at radius 2 is 2.11 bits per heavy atom. The molecule has 0 aromatic heterocycles. The van der Waals surface area contributed by atoms with Crippen LogP contribution in [0.5, 0.6) is 0 Å². The number of ether oxygens (including phenoxy) is 1. The number of rotatable bonds is 7. The first-order valence-electron chi connectivity index (χ1n) is 5.00. The maximum absolute atomic E-state index is 11.7. The Morgan fingerprint density at radius 1 is 1.50 bits per heavy atom. The van der Waals surface area contributed by atoms with Gasteiger partial charge in [0.15, 0.2) is 0 Å². The molecule has 0 radical (unpaired) electrons. The molecule has 102 valence electrons. The van der Waals surface area contributed by atoms with Gasteiger partial charge in [-0.15, -0.1) is 0 Å². The van der Waals surface area contributed by atoms with Gasteiger partial charge in [-0.05, 0) is 0 Å². The van der Waals surface area contributed by atoms with Crippen LogP contribution >= 0.6 is 0 Å². The average molecular weight is 260 g/mol. The quantitative estimate of drug-likeness (QED) is 0.483. The van der Waals surface area contributed by atoms with Crippen molar-refractivity contribution in [2.45, 2.75) is 12.5 Å². The normalized spacial score (nSPS) is 11.2. The molecule has 0 aliphatic carbocycles. The van der Waals surface area contributed by atoms with Gasteiger partial charge in [-0.25, -0.2) is 9.86 Å². The van der Waals surface area contributed by atoms with Crippen molar-refractivity contribution in [3.8, 4) is 0 Å². The van der Waals surface area contributed by atoms with Gasteiger partial charge in [0.25, 0.3) is 5.91 Å². The third-order valence-corrected chi connectivity index (χ3v) is 1.89. The van der Waals surface area contributed by atoms with Crippen molar-refractivity contribution in [2.75, 3.05) is 20.8 Å². The van der Waals surface area contributed by atoms with Crippen LogP contribution in [0.2, 0.25) is 0 Å². The summed E-state index contributed by atoms with van der Waals surface area (Å²) in [6.07, 6.45) is -0.135. The molecule has 2 N–H and O–H groups in total. The number of hydrogen-bond donors (Lipinski definition) is 2. The first-order valence-corrected chi connectivity index (χ1v) is 5.00. The molecule has 2 amide bonds. The fraction of sp³-hybridized carbons (Fsp3) is 0.500. The lowest BCUT2D eigenvalue weighted by Crippen LogP contribution is -2.48. The summed E-state index contributed by atoms with van der Waals surface area (Å²) in [7, 11) is 2.54. The lowest BCUT2D eigenvalue weighted by atomic mass is 10.2. The summed E-state index contributed by atoms with van der Waals surface area (Å²) in [5, 5.41) is 11.6. The van der Waals surface area contributed by atoms with Gasteiger partial charge in [0.2, 0.25) is 0 Å². The molecule has 1 atom stereocenters. The zero-order valence-electron chi connectivity index (χ0n) is 10.2. The molecule has 0 aliphatic rings. The molecular weight excluding hydrogens is 244 g/mol. The summed E-state index contributed by atoms with van der Waals surface area (Å²) in [4.78, 5) is 38.1. The number of carbonyl (C=O) groups is 3. The molecule has 0 rings (SSSR count). The summed E-state index contributed by atoms with van der Waals surface area (Å²) in [6.45, 7) is 3.30. The van der Waals surface area contributed by atoms with Crippen molar-refractivity contribution in [3.63, 3.8) is 0 Å². The molecule has 0 saturated carbocycles. The number of nitrogens with one attached hydrogen (secondary N) is 1. The highest BCUT2D eigenvalue weighted by molar-refractivity contribution is 5.88. The van der Waals surface area contributed by atoms with E-state index in [1.165, 1.54) is 20.2 Å². The largest absolute Gasteiger partial charge is 0.481 e. The number of likely N-dealkylation sites (N-methyl/N-ethyl adjacent to an activating group) is 1. The number of carboxylic acid groups (broad SMARTS) is 1. The number of alkyl carbamates (subject to hydrolysis) is 1. The van der Waals surface area contributed by atoms with Gasteiger partial charge in [-0.1, -0.05) is 12.7 Å². The zero-order chi connectivity index (χ0) is 14.1. The molecule has 0 heterocycles. The van der Waals surface area contributed by atoms with Crippen LogP contribution in [-0.2, 0) is 19.2 Å². The molecule has 0 saturated heterocycles. The Hall–Kier alpha value is -2.09. The monoisotopic (exact) mass is 260 g/mol. The van der Waals surface area contributed by atoms with Gasteiger partial charge in [0.1, 0.15) is 12.6 Å². The molecule has 1 unspecified atom stereocenters. The first-order chi connectivity index (χ1) is 8.42. The summed E-state index contributed by atoms with van der Waals surface area (Å²) < 4.78 is 4.59. The van der Waals surface area contributed by atoms with Crippen molar-refractivity contribution >= 4 is 18.0 Å². The van der Waals surface area contributed by atoms with Crippen LogP contribution in [0.3, 0.4) is 0 Å². The highest BCUT2D eigenvalue weighted by atomic mass is 16.7. The van der Waals surface area contributed by atoms with Gasteiger partial charge in [-0.2, -0.15) is 0 Å². The predicted octanol–water partition coefficient (Wildman–Crippen LogP) is -0.238. The van der Waals surface area contributed by atoms with Crippen molar-refractivity contribution < 1.29 is 29.1 Å². The van der Waals surface area contributed by atoms with Crippen LogP contribution in [0.1, 0.15) is 6.42 Å². The van der Waals surface area contributed by atoms with Crippen LogP contribution in [0.15, 0.2) is 12.7 Å². The van der Waals surface area contributed by atoms with E-state index in [0.717, 1.165) is 5.06 Å². The van der Waals surface area contributed by atoms with Crippen LogP contribution in [0.25, 0.3) is 0 Å². The topological polar surface area (TPSA) is 105 Å². The molecule has 8 heteroatoms. The molecule has 0 fully saturated rings. The van der Waals surface area contributed by atoms with Gasteiger partial charge in [0, 0.05) is 7.05 Å². The van der Waals surface area contributed by atoms with Gasteiger partial charge >= 0.3 is 12.1 Å². The number of nitrogens with zero attached hydrogens (tertiary/aromatic N) is 1. The van der Waals surface area contributed by atoms with Crippen molar-refractivity contribution in [1.29, 1.82) is 0 Å². The van der Waals surface area contributed by atoms with Crippen LogP contribution in [0.4, 0.5) is 4.79 Å². The third-order valence-electron chi connectivity index (χ3n) is 1.89. The summed E-state index contributed by atoms with van der Waals surface area (Å²) in [6, 6.07) is -1.26. The molecule has 0 spiro atoms. The lowest BCUT2D eigenvalue weighted by Gasteiger charge is -2.21. The van der Waals surface area contributed by atoms with Gasteiger partial charge < -0.3 is 15.2 Å². The molecule has 8 nitrogen and oxygen atoms in total. The minimum Gasteiger partial charge on any atom is -0.481 e. The van der Waals surface area contributed by atoms with E-state index in [1.807, 2.05) is 0 Å². The van der Waals surface area contributed by atoms with E-state index >= 15 is 0 Å². The Labute approximate surface area is 104 Å². The van der Waals surface area contributed by atoms with E-state index < -0.39 is 30.4 Å². The van der Waals surface area contributed by atoms with E-state index in [9.17, 15) is 14.4 Å². The minimum atomic E-state index is -1.26. The maximum atomic E-state index is 11.7. The van der Waals surface area contributed by atoms with Crippen molar-refractivity contribution in [3.05, 3.63) is 12.7 Å². The average Bonchev–Trinajstić information content (AvgIpc) is 2.33. The summed E-state index contributed by atoms with van der Waals surface area (Å²) >= 11 is 0. The van der Waals surface area contributed by atoms with E-state index in [4.69, 9.17) is 5.11 Å². The zero-order valence-corrected chi connectivity index (χ0v) is 10.2. The second-order valence-corrected chi connectivity index (χ2v) is 3.20. The smallest absolute Gasteiger partial charge is 0.408 e. The maximum Gasteiger partial charge on any atom is 0.408 e. The second-order valence-electron chi connectivity index (χ2n) is 3.20. The highest BCUT2D eigenvalue weighted by Crippen LogP contribution is 1.99. The van der Waals surface area contributed by atoms with E-state index in [1.54, 1.807) is 0 Å². The number of hydroxylamine groups is 2. The van der Waals surface area contributed by atoms with E-state index in [0.29, 0.717) is 0 Å². The predicted molar refractivity (Wildman–Crippen MR) is 60.5 cm³/mol. The fourth-order valence-corrected chi connectivity index (χ4v) is 1.00. The molecule has 0 aliphatic heterocycles. The Bertz CT molecular complexity index is 330. The second kappa shape index (κ2) is 8.07. The fourth-order valence-electron chi connectivity index (χ4n) is 1.00. The van der Waals surface area contributed by atoms with Crippen LogP contribution in [0, 0.1) is 0 Å². The lowest BCUT2D eigenvalue weighted by molar-refractivity contribution is -0.172. The van der Waals surface area contributed by atoms with Crippen molar-refractivity contribution in [1.82, 2.24) is 10.4 Å².